The molecule has 7 heteroatoms. The summed E-state index contributed by atoms with van der Waals surface area (Å²) in [5.74, 6) is -1.06. The molecule has 3 aromatic carbocycles. The summed E-state index contributed by atoms with van der Waals surface area (Å²) in [6, 6.07) is 17.6. The highest BCUT2D eigenvalue weighted by Crippen LogP contribution is 2.46. The summed E-state index contributed by atoms with van der Waals surface area (Å²) in [6.45, 7) is 0. The van der Waals surface area contributed by atoms with Crippen LogP contribution >= 0.6 is 11.6 Å². The van der Waals surface area contributed by atoms with Gasteiger partial charge in [0.15, 0.2) is 0 Å². The lowest BCUT2D eigenvalue weighted by molar-refractivity contribution is -0.135. The van der Waals surface area contributed by atoms with Gasteiger partial charge in [-0.3, -0.25) is 14.6 Å². The van der Waals surface area contributed by atoms with Crippen molar-refractivity contribution in [2.45, 2.75) is 12.3 Å². The zero-order chi connectivity index (χ0) is 23.4. The van der Waals surface area contributed by atoms with Crippen molar-refractivity contribution in [3.8, 4) is 22.6 Å². The highest BCUT2D eigenvalue weighted by atomic mass is 35.5. The Bertz CT molecular complexity index is 1670. The maximum absolute atomic E-state index is 13.5. The molecule has 0 fully saturated rings. The molecule has 0 aliphatic carbocycles. The Labute approximate surface area is 198 Å². The van der Waals surface area contributed by atoms with Crippen molar-refractivity contribution in [2.75, 3.05) is 0 Å². The molecule has 1 aliphatic rings. The molecule has 2 aromatic heterocycles. The third-order valence-electron chi connectivity index (χ3n) is 6.17. The minimum atomic E-state index is -0.470. The number of rotatable bonds is 2. The topological polar surface area (TPSA) is 89.6 Å². The van der Waals surface area contributed by atoms with Crippen LogP contribution in [-0.2, 0) is 4.79 Å². The van der Waals surface area contributed by atoms with Crippen molar-refractivity contribution in [1.29, 1.82) is 0 Å². The normalized spacial score (nSPS) is 15.3. The van der Waals surface area contributed by atoms with E-state index in [2.05, 4.69) is 4.98 Å². The van der Waals surface area contributed by atoms with E-state index in [1.165, 1.54) is 12.3 Å². The first-order valence-electron chi connectivity index (χ1n) is 10.6. The van der Waals surface area contributed by atoms with E-state index in [9.17, 15) is 14.7 Å². The number of aromatic hydroxyl groups is 1. The van der Waals surface area contributed by atoms with Gasteiger partial charge in [0.05, 0.1) is 17.5 Å². The van der Waals surface area contributed by atoms with Crippen LogP contribution in [0.15, 0.2) is 82.3 Å². The summed E-state index contributed by atoms with van der Waals surface area (Å²) in [5.41, 5.74) is 2.78. The number of phenols is 1. The molecule has 0 unspecified atom stereocenters. The first kappa shape index (κ1) is 20.4. The van der Waals surface area contributed by atoms with Crippen LogP contribution in [0, 0.1) is 0 Å². The highest BCUT2D eigenvalue weighted by Gasteiger charge is 2.34. The lowest BCUT2D eigenvalue weighted by Gasteiger charge is -2.26. The summed E-state index contributed by atoms with van der Waals surface area (Å²) in [5, 5.41) is 12.3. The molecule has 0 bridgehead atoms. The van der Waals surface area contributed by atoms with Crippen molar-refractivity contribution < 1.29 is 19.1 Å². The number of fused-ring (bicyclic) bond motifs is 4. The number of pyridine rings is 1. The Morgan fingerprint density at radius 3 is 2.65 bits per heavy atom. The Morgan fingerprint density at radius 2 is 1.82 bits per heavy atom. The van der Waals surface area contributed by atoms with Crippen LogP contribution in [0.25, 0.3) is 33.0 Å². The third kappa shape index (κ3) is 3.15. The number of hydrogen-bond donors (Lipinski definition) is 1. The zero-order valence-electron chi connectivity index (χ0n) is 17.6. The number of aromatic nitrogens is 1. The van der Waals surface area contributed by atoms with Crippen molar-refractivity contribution >= 4 is 39.4 Å². The number of nitrogens with zero attached hydrogens (tertiary/aromatic N) is 1. The maximum Gasteiger partial charge on any atom is 0.312 e. The van der Waals surface area contributed by atoms with E-state index in [4.69, 9.17) is 20.8 Å². The van der Waals surface area contributed by atoms with Crippen molar-refractivity contribution in [1.82, 2.24) is 4.98 Å². The van der Waals surface area contributed by atoms with Crippen LogP contribution in [0.1, 0.15) is 23.5 Å². The van der Waals surface area contributed by atoms with Gasteiger partial charge in [-0.15, -0.1) is 0 Å². The van der Waals surface area contributed by atoms with Crippen molar-refractivity contribution in [2.24, 2.45) is 0 Å². The van der Waals surface area contributed by atoms with Crippen LogP contribution in [-0.4, -0.2) is 16.1 Å². The fourth-order valence-electron chi connectivity index (χ4n) is 4.64. The zero-order valence-corrected chi connectivity index (χ0v) is 18.4. The predicted molar refractivity (Wildman–Crippen MR) is 128 cm³/mol. The fourth-order valence-corrected chi connectivity index (χ4v) is 4.76. The molecule has 1 aliphatic heterocycles. The standard InChI is InChI=1S/C27H16ClNO5/c28-16-8-6-14(7-9-16)19-13-33-27-23-18(17-5-1-3-15-4-2-10-29-25(15)17)11-22(31)34-21(23)12-20(30)24(27)26(19)32/h1-10,12-13,18,30H,11H2/t18-/m1/s1. The molecule has 1 N–H and O–H groups in total. The molecule has 0 spiro atoms. The predicted octanol–water partition coefficient (Wildman–Crippen LogP) is 5.81. The summed E-state index contributed by atoms with van der Waals surface area (Å²) in [7, 11) is 0. The Kier molecular flexibility index (Phi) is 4.64. The van der Waals surface area contributed by atoms with E-state index in [0.717, 1.165) is 16.5 Å². The molecule has 6 rings (SSSR count). The molecule has 0 saturated carbocycles. The van der Waals surface area contributed by atoms with Crippen LogP contribution in [0.4, 0.5) is 0 Å². The van der Waals surface area contributed by atoms with E-state index in [1.807, 2.05) is 30.3 Å². The van der Waals surface area contributed by atoms with Gasteiger partial charge < -0.3 is 14.3 Å². The number of para-hydroxylation sites is 1. The molecule has 0 amide bonds. The van der Waals surface area contributed by atoms with Gasteiger partial charge in [0, 0.05) is 34.2 Å². The summed E-state index contributed by atoms with van der Waals surface area (Å²) in [4.78, 5) is 30.5. The van der Waals surface area contributed by atoms with E-state index in [-0.39, 0.29) is 34.5 Å². The first-order chi connectivity index (χ1) is 16.5. The monoisotopic (exact) mass is 469 g/mol. The molecule has 34 heavy (non-hydrogen) atoms. The molecule has 0 radical (unpaired) electrons. The van der Waals surface area contributed by atoms with Gasteiger partial charge in [-0.2, -0.15) is 0 Å². The van der Waals surface area contributed by atoms with Gasteiger partial charge in [-0.1, -0.05) is 48.0 Å². The molecule has 1 atom stereocenters. The average Bonchev–Trinajstić information content (AvgIpc) is 2.84. The lowest BCUT2D eigenvalue weighted by atomic mass is 9.84. The first-order valence-corrected chi connectivity index (χ1v) is 11.0. The quantitative estimate of drug-likeness (QED) is 0.259. The van der Waals surface area contributed by atoms with Crippen LogP contribution in [0.5, 0.6) is 11.5 Å². The number of esters is 1. The Balaban J connectivity index is 1.64. The second-order valence-electron chi connectivity index (χ2n) is 8.15. The number of halogens is 1. The molecular weight excluding hydrogens is 454 g/mol. The molecular formula is C27H16ClNO5. The van der Waals surface area contributed by atoms with Gasteiger partial charge in [-0.05, 0) is 29.3 Å². The average molecular weight is 470 g/mol. The maximum atomic E-state index is 13.5. The summed E-state index contributed by atoms with van der Waals surface area (Å²) in [6.07, 6.45) is 3.11. The Morgan fingerprint density at radius 1 is 1.03 bits per heavy atom. The van der Waals surface area contributed by atoms with E-state index >= 15 is 0 Å². The van der Waals surface area contributed by atoms with Crippen LogP contribution in [0.2, 0.25) is 5.02 Å². The number of benzene rings is 3. The van der Waals surface area contributed by atoms with Crippen LogP contribution in [0.3, 0.4) is 0 Å². The van der Waals surface area contributed by atoms with Gasteiger partial charge in [0.1, 0.15) is 28.7 Å². The second kappa shape index (κ2) is 7.71. The lowest BCUT2D eigenvalue weighted by Crippen LogP contribution is -2.22. The van der Waals surface area contributed by atoms with E-state index < -0.39 is 17.3 Å². The fraction of sp³-hybridized carbons (Fsp3) is 0.0741. The minimum Gasteiger partial charge on any atom is -0.507 e. The number of carbonyl (C=O) groups excluding carboxylic acids is 1. The number of ether oxygens (including phenoxy) is 1. The van der Waals surface area contributed by atoms with Gasteiger partial charge >= 0.3 is 5.97 Å². The molecule has 6 nitrogen and oxygen atoms in total. The van der Waals surface area contributed by atoms with Crippen molar-refractivity contribution in [3.05, 3.63) is 99.5 Å². The summed E-state index contributed by atoms with van der Waals surface area (Å²) < 4.78 is 11.4. The van der Waals surface area contributed by atoms with Gasteiger partial charge in [0.25, 0.3) is 0 Å². The van der Waals surface area contributed by atoms with E-state index in [0.29, 0.717) is 16.1 Å². The number of carbonyl (C=O) groups is 1. The second-order valence-corrected chi connectivity index (χ2v) is 8.59. The SMILES string of the molecule is O=C1C[C@H](c2cccc3cccnc23)c2c(cc(O)c3c(=O)c(-c4ccc(Cl)cc4)coc23)O1. The molecule has 0 saturated heterocycles. The minimum absolute atomic E-state index is 0.0299. The summed E-state index contributed by atoms with van der Waals surface area (Å²) >= 11 is 5.98. The van der Waals surface area contributed by atoms with Crippen LogP contribution < -0.4 is 10.2 Å². The molecule has 3 heterocycles. The third-order valence-corrected chi connectivity index (χ3v) is 6.42. The van der Waals surface area contributed by atoms with Crippen molar-refractivity contribution in [3.63, 3.8) is 0 Å². The van der Waals surface area contributed by atoms with Gasteiger partial charge in [-0.25, -0.2) is 0 Å². The number of hydrogen-bond acceptors (Lipinski definition) is 6. The smallest absolute Gasteiger partial charge is 0.312 e. The largest absolute Gasteiger partial charge is 0.507 e. The Hall–Kier alpha value is -4.16. The molecule has 166 valence electrons. The highest BCUT2D eigenvalue weighted by molar-refractivity contribution is 6.30. The van der Waals surface area contributed by atoms with Gasteiger partial charge in [0.2, 0.25) is 5.43 Å². The molecule has 5 aromatic rings. The van der Waals surface area contributed by atoms with E-state index in [1.54, 1.807) is 30.5 Å². The number of phenolic OH excluding ortho intramolecular Hbond substituents is 1.